The number of carbonyl (C=O) groups is 1. The van der Waals surface area contributed by atoms with E-state index in [-0.39, 0.29) is 17.5 Å². The van der Waals surface area contributed by atoms with Crippen molar-refractivity contribution in [3.05, 3.63) is 82.8 Å². The molecule has 1 aliphatic rings. The summed E-state index contributed by atoms with van der Waals surface area (Å²) in [5.41, 5.74) is 1.93. The molecule has 0 bridgehead atoms. The lowest BCUT2D eigenvalue weighted by molar-refractivity contribution is -0.114. The van der Waals surface area contributed by atoms with Gasteiger partial charge in [0.25, 0.3) is 10.0 Å². The molecule has 4 rings (SSSR count). The van der Waals surface area contributed by atoms with Crippen molar-refractivity contribution in [3.63, 3.8) is 0 Å². The molecule has 178 valence electrons. The number of ether oxygens (including phenoxy) is 1. The Balaban J connectivity index is 1.51. The van der Waals surface area contributed by atoms with Crippen LogP contribution in [0.3, 0.4) is 0 Å². The molecule has 1 N–H and O–H groups in total. The third-order valence-electron chi connectivity index (χ3n) is 5.75. The molecule has 0 atom stereocenters. The van der Waals surface area contributed by atoms with Gasteiger partial charge in [0.1, 0.15) is 12.3 Å². The lowest BCUT2D eigenvalue weighted by atomic mass is 10.2. The lowest BCUT2D eigenvalue weighted by Crippen LogP contribution is -2.38. The number of nitrogens with zero attached hydrogens (tertiary/aromatic N) is 1. The largest absolute Gasteiger partial charge is 0.490 e. The third-order valence-corrected chi connectivity index (χ3v) is 8.07. The minimum atomic E-state index is -3.95. The Kier molecular flexibility index (Phi) is 7.58. The summed E-state index contributed by atoms with van der Waals surface area (Å²) in [7, 11) is -3.95. The predicted octanol–water partition coefficient (Wildman–Crippen LogP) is 5.91. The molecule has 0 aliphatic heterocycles. The van der Waals surface area contributed by atoms with E-state index in [0.717, 1.165) is 32.9 Å². The molecule has 0 spiro atoms. The first-order valence-corrected chi connectivity index (χ1v) is 13.5. The predicted molar refractivity (Wildman–Crippen MR) is 138 cm³/mol. The molecule has 6 nitrogen and oxygen atoms in total. The van der Waals surface area contributed by atoms with Gasteiger partial charge in [-0.15, -0.1) is 0 Å². The standard InChI is InChI=1S/C26H27BrN2O4S/c1-19-6-16-25(17-7-19)34(31,32)29(22-12-8-20(27)9-13-22)18-26(30)28-21-10-14-24(15-11-21)33-23-4-2-3-5-23/h6-17,23H,2-5,18H2,1H3,(H,28,30). The number of amides is 1. The highest BCUT2D eigenvalue weighted by Crippen LogP contribution is 2.27. The van der Waals surface area contributed by atoms with E-state index in [1.165, 1.54) is 12.8 Å². The highest BCUT2D eigenvalue weighted by molar-refractivity contribution is 9.10. The Hall–Kier alpha value is -2.84. The van der Waals surface area contributed by atoms with Crippen LogP contribution in [0.2, 0.25) is 0 Å². The third kappa shape index (κ3) is 5.98. The van der Waals surface area contributed by atoms with E-state index in [2.05, 4.69) is 21.2 Å². The molecular weight excluding hydrogens is 516 g/mol. The van der Waals surface area contributed by atoms with Crippen LogP contribution in [0, 0.1) is 6.92 Å². The summed E-state index contributed by atoms with van der Waals surface area (Å²) < 4.78 is 34.8. The van der Waals surface area contributed by atoms with Crippen molar-refractivity contribution >= 4 is 43.2 Å². The zero-order valence-electron chi connectivity index (χ0n) is 18.9. The van der Waals surface area contributed by atoms with Crippen molar-refractivity contribution in [3.8, 4) is 5.75 Å². The molecule has 0 saturated heterocycles. The van der Waals surface area contributed by atoms with Crippen molar-refractivity contribution in [2.45, 2.75) is 43.6 Å². The fourth-order valence-electron chi connectivity index (χ4n) is 3.91. The van der Waals surface area contributed by atoms with Crippen molar-refractivity contribution in [1.82, 2.24) is 0 Å². The number of nitrogens with one attached hydrogen (secondary N) is 1. The lowest BCUT2D eigenvalue weighted by Gasteiger charge is -2.24. The quantitative estimate of drug-likeness (QED) is 0.383. The zero-order chi connectivity index (χ0) is 24.1. The Bertz CT molecular complexity index is 1220. The number of hydrogen-bond acceptors (Lipinski definition) is 4. The second-order valence-electron chi connectivity index (χ2n) is 8.40. The van der Waals surface area contributed by atoms with E-state index < -0.39 is 15.9 Å². The molecule has 34 heavy (non-hydrogen) atoms. The van der Waals surface area contributed by atoms with Gasteiger partial charge in [-0.2, -0.15) is 0 Å². The molecule has 0 radical (unpaired) electrons. The SMILES string of the molecule is Cc1ccc(S(=O)(=O)N(CC(=O)Nc2ccc(OC3CCCC3)cc2)c2ccc(Br)cc2)cc1. The van der Waals surface area contributed by atoms with E-state index in [1.54, 1.807) is 60.7 Å². The fraction of sp³-hybridized carbons (Fsp3) is 0.269. The van der Waals surface area contributed by atoms with Gasteiger partial charge in [-0.1, -0.05) is 33.6 Å². The maximum absolute atomic E-state index is 13.4. The summed E-state index contributed by atoms with van der Waals surface area (Å²) in [6, 6.07) is 20.6. The highest BCUT2D eigenvalue weighted by atomic mass is 79.9. The van der Waals surface area contributed by atoms with E-state index in [0.29, 0.717) is 11.4 Å². The van der Waals surface area contributed by atoms with Crippen LogP contribution in [0.5, 0.6) is 5.75 Å². The molecule has 0 unspecified atom stereocenters. The molecule has 1 aliphatic carbocycles. The summed E-state index contributed by atoms with van der Waals surface area (Å²) in [6.45, 7) is 1.53. The Morgan fingerprint density at radius 2 is 1.59 bits per heavy atom. The molecule has 3 aromatic rings. The van der Waals surface area contributed by atoms with Crippen molar-refractivity contribution in [2.24, 2.45) is 0 Å². The Morgan fingerprint density at radius 1 is 0.971 bits per heavy atom. The van der Waals surface area contributed by atoms with Gasteiger partial charge >= 0.3 is 0 Å². The van der Waals surface area contributed by atoms with Gasteiger partial charge in [0.05, 0.1) is 16.7 Å². The molecule has 0 heterocycles. The van der Waals surface area contributed by atoms with Crippen LogP contribution < -0.4 is 14.4 Å². The molecule has 1 amide bonds. The number of anilines is 2. The van der Waals surface area contributed by atoms with Crippen LogP contribution in [0.15, 0.2) is 82.2 Å². The van der Waals surface area contributed by atoms with Crippen molar-refractivity contribution < 1.29 is 17.9 Å². The minimum Gasteiger partial charge on any atom is -0.490 e. The molecular formula is C26H27BrN2O4S. The normalized spacial score (nSPS) is 14.1. The first-order chi connectivity index (χ1) is 16.3. The molecule has 3 aromatic carbocycles. The van der Waals surface area contributed by atoms with E-state index in [9.17, 15) is 13.2 Å². The summed E-state index contributed by atoms with van der Waals surface area (Å²) in [5, 5.41) is 2.80. The molecule has 1 saturated carbocycles. The average molecular weight is 543 g/mol. The van der Waals surface area contributed by atoms with Crippen molar-refractivity contribution in [1.29, 1.82) is 0 Å². The number of sulfonamides is 1. The Labute approximate surface area is 209 Å². The fourth-order valence-corrected chi connectivity index (χ4v) is 5.59. The van der Waals surface area contributed by atoms with Crippen LogP contribution in [-0.4, -0.2) is 27.0 Å². The first kappa shape index (κ1) is 24.3. The molecule has 1 fully saturated rings. The number of hydrogen-bond donors (Lipinski definition) is 1. The average Bonchev–Trinajstić information content (AvgIpc) is 3.33. The van der Waals surface area contributed by atoms with Gasteiger partial charge in [-0.25, -0.2) is 8.42 Å². The molecule has 0 aromatic heterocycles. The number of halogens is 1. The van der Waals surface area contributed by atoms with Gasteiger partial charge in [-0.3, -0.25) is 9.10 Å². The smallest absolute Gasteiger partial charge is 0.264 e. The van der Waals surface area contributed by atoms with Crippen LogP contribution >= 0.6 is 15.9 Å². The van der Waals surface area contributed by atoms with Crippen LogP contribution in [0.4, 0.5) is 11.4 Å². The number of carbonyl (C=O) groups excluding carboxylic acids is 1. The highest BCUT2D eigenvalue weighted by Gasteiger charge is 2.27. The van der Waals surface area contributed by atoms with Gasteiger partial charge in [0, 0.05) is 10.2 Å². The van der Waals surface area contributed by atoms with Gasteiger partial charge in [-0.05, 0) is 93.3 Å². The molecule has 8 heteroatoms. The number of aryl methyl sites for hydroxylation is 1. The number of rotatable bonds is 8. The second-order valence-corrected chi connectivity index (χ2v) is 11.2. The monoisotopic (exact) mass is 542 g/mol. The van der Waals surface area contributed by atoms with E-state index in [4.69, 9.17) is 4.74 Å². The van der Waals surface area contributed by atoms with Crippen LogP contribution in [0.1, 0.15) is 31.2 Å². The van der Waals surface area contributed by atoms with Gasteiger partial charge in [0.15, 0.2) is 0 Å². The topological polar surface area (TPSA) is 75.7 Å². The van der Waals surface area contributed by atoms with E-state index >= 15 is 0 Å². The van der Waals surface area contributed by atoms with E-state index in [1.807, 2.05) is 19.1 Å². The summed E-state index contributed by atoms with van der Waals surface area (Å²) in [6.07, 6.45) is 4.78. The van der Waals surface area contributed by atoms with Gasteiger partial charge < -0.3 is 10.1 Å². The van der Waals surface area contributed by atoms with Gasteiger partial charge in [0.2, 0.25) is 5.91 Å². The summed E-state index contributed by atoms with van der Waals surface area (Å²) in [4.78, 5) is 13.0. The zero-order valence-corrected chi connectivity index (χ0v) is 21.3. The first-order valence-electron chi connectivity index (χ1n) is 11.2. The van der Waals surface area contributed by atoms with Crippen LogP contribution in [0.25, 0.3) is 0 Å². The summed E-state index contributed by atoms with van der Waals surface area (Å²) >= 11 is 3.37. The maximum Gasteiger partial charge on any atom is 0.264 e. The Morgan fingerprint density at radius 3 is 2.21 bits per heavy atom. The van der Waals surface area contributed by atoms with Crippen LogP contribution in [-0.2, 0) is 14.8 Å². The van der Waals surface area contributed by atoms with Crippen molar-refractivity contribution in [2.75, 3.05) is 16.2 Å². The second kappa shape index (κ2) is 10.6. The maximum atomic E-state index is 13.4. The minimum absolute atomic E-state index is 0.127. The summed E-state index contributed by atoms with van der Waals surface area (Å²) in [5.74, 6) is 0.325. The number of benzene rings is 3.